The topological polar surface area (TPSA) is 65.2 Å². The zero-order valence-electron chi connectivity index (χ0n) is 12.0. The fourth-order valence-electron chi connectivity index (χ4n) is 3.10. The van der Waals surface area contributed by atoms with Gasteiger partial charge in [0.15, 0.2) is 0 Å². The highest BCUT2D eigenvalue weighted by molar-refractivity contribution is 7.80. The minimum Gasteiger partial charge on any atom is -0.469 e. The number of nitrogens with two attached hydrogens (primary N) is 1. The van der Waals surface area contributed by atoms with E-state index in [0.717, 1.165) is 36.3 Å². The van der Waals surface area contributed by atoms with E-state index in [1.165, 1.54) is 7.11 Å². The SMILES string of the molecule is COC(=O)C1CCC(C(C)(N)c2ncccc2S)CC1. The summed E-state index contributed by atoms with van der Waals surface area (Å²) < 4.78 is 4.82. The van der Waals surface area contributed by atoms with Gasteiger partial charge in [0, 0.05) is 11.1 Å². The van der Waals surface area contributed by atoms with Crippen molar-refractivity contribution in [1.82, 2.24) is 4.98 Å². The molecule has 0 saturated heterocycles. The van der Waals surface area contributed by atoms with Gasteiger partial charge in [0.1, 0.15) is 0 Å². The highest BCUT2D eigenvalue weighted by Gasteiger charge is 2.38. The van der Waals surface area contributed by atoms with Gasteiger partial charge >= 0.3 is 5.97 Å². The molecule has 110 valence electrons. The van der Waals surface area contributed by atoms with Gasteiger partial charge in [-0.1, -0.05) is 0 Å². The second-order valence-electron chi connectivity index (χ2n) is 5.73. The highest BCUT2D eigenvalue weighted by atomic mass is 32.1. The van der Waals surface area contributed by atoms with Gasteiger partial charge in [0.2, 0.25) is 0 Å². The van der Waals surface area contributed by atoms with E-state index >= 15 is 0 Å². The van der Waals surface area contributed by atoms with Crippen LogP contribution in [-0.4, -0.2) is 18.1 Å². The van der Waals surface area contributed by atoms with Gasteiger partial charge in [0.25, 0.3) is 0 Å². The average Bonchev–Trinajstić information content (AvgIpc) is 2.47. The lowest BCUT2D eigenvalue weighted by Crippen LogP contribution is -2.44. The van der Waals surface area contributed by atoms with Crippen LogP contribution in [0.3, 0.4) is 0 Å². The molecule has 1 aromatic heterocycles. The van der Waals surface area contributed by atoms with E-state index in [-0.39, 0.29) is 11.9 Å². The third-order valence-corrected chi connectivity index (χ3v) is 4.77. The second kappa shape index (κ2) is 6.14. The molecule has 0 aromatic carbocycles. The zero-order valence-corrected chi connectivity index (χ0v) is 12.9. The number of rotatable bonds is 3. The predicted octanol–water partition coefficient (Wildman–Crippen LogP) is 2.52. The van der Waals surface area contributed by atoms with E-state index in [1.54, 1.807) is 6.20 Å². The van der Waals surface area contributed by atoms with E-state index in [9.17, 15) is 4.79 Å². The van der Waals surface area contributed by atoms with Crippen LogP contribution in [0.5, 0.6) is 0 Å². The first kappa shape index (κ1) is 15.3. The second-order valence-corrected chi connectivity index (χ2v) is 6.21. The maximum Gasteiger partial charge on any atom is 0.308 e. The van der Waals surface area contributed by atoms with Crippen LogP contribution in [0, 0.1) is 11.8 Å². The molecule has 2 N–H and O–H groups in total. The van der Waals surface area contributed by atoms with Crippen molar-refractivity contribution >= 4 is 18.6 Å². The molecule has 1 aromatic rings. The van der Waals surface area contributed by atoms with Crippen molar-refractivity contribution in [3.05, 3.63) is 24.0 Å². The molecule has 1 heterocycles. The Morgan fingerprint density at radius 2 is 2.10 bits per heavy atom. The summed E-state index contributed by atoms with van der Waals surface area (Å²) in [5, 5.41) is 0. The Bertz CT molecular complexity index is 483. The summed E-state index contributed by atoms with van der Waals surface area (Å²) in [7, 11) is 1.45. The Kier molecular flexibility index (Phi) is 4.70. The Hall–Kier alpha value is -1.07. The molecule has 1 aliphatic carbocycles. The molecular weight excluding hydrogens is 272 g/mol. The van der Waals surface area contributed by atoms with Gasteiger partial charge in [0.05, 0.1) is 24.3 Å². The molecule has 1 atom stereocenters. The van der Waals surface area contributed by atoms with Gasteiger partial charge < -0.3 is 10.5 Å². The molecule has 20 heavy (non-hydrogen) atoms. The fraction of sp³-hybridized carbons (Fsp3) is 0.600. The van der Waals surface area contributed by atoms with Crippen LogP contribution >= 0.6 is 12.6 Å². The third kappa shape index (κ3) is 2.99. The van der Waals surface area contributed by atoms with E-state index in [1.807, 2.05) is 19.1 Å². The van der Waals surface area contributed by atoms with E-state index in [2.05, 4.69) is 17.6 Å². The summed E-state index contributed by atoms with van der Waals surface area (Å²) in [6.45, 7) is 2.01. The number of hydrogen-bond acceptors (Lipinski definition) is 5. The number of methoxy groups -OCH3 is 1. The van der Waals surface area contributed by atoms with Crippen molar-refractivity contribution in [3.8, 4) is 0 Å². The summed E-state index contributed by atoms with van der Waals surface area (Å²) >= 11 is 4.46. The molecule has 0 bridgehead atoms. The quantitative estimate of drug-likeness (QED) is 0.664. The maximum absolute atomic E-state index is 11.6. The molecule has 2 rings (SSSR count). The minimum absolute atomic E-state index is 0.0197. The predicted molar refractivity (Wildman–Crippen MR) is 80.5 cm³/mol. The number of carbonyl (C=O) groups excluding carboxylic acids is 1. The minimum atomic E-state index is -0.514. The standard InChI is InChI=1S/C15H22N2O2S/c1-15(16,13-12(20)4-3-9-17-13)11-7-5-10(6-8-11)14(18)19-2/h3-4,9-11,20H,5-8,16H2,1-2H3. The fourth-order valence-corrected chi connectivity index (χ4v) is 3.49. The number of carbonyl (C=O) groups is 1. The van der Waals surface area contributed by atoms with Gasteiger partial charge in [-0.15, -0.1) is 12.6 Å². The molecule has 0 aliphatic heterocycles. The summed E-state index contributed by atoms with van der Waals surface area (Å²) in [6, 6.07) is 3.77. The van der Waals surface area contributed by atoms with Crippen LogP contribution in [0.2, 0.25) is 0 Å². The van der Waals surface area contributed by atoms with Gasteiger partial charge in [-0.25, -0.2) is 0 Å². The molecule has 1 aliphatic rings. The molecule has 5 heteroatoms. The van der Waals surface area contributed by atoms with Crippen LogP contribution in [0.1, 0.15) is 38.3 Å². The summed E-state index contributed by atoms with van der Waals surface area (Å²) in [5.74, 6) is 0.227. The van der Waals surface area contributed by atoms with Crippen LogP contribution < -0.4 is 5.73 Å². The number of aromatic nitrogens is 1. The third-order valence-electron chi connectivity index (χ3n) is 4.41. The molecule has 1 fully saturated rings. The van der Waals surface area contributed by atoms with Crippen LogP contribution in [0.25, 0.3) is 0 Å². The Balaban J connectivity index is 2.09. The Morgan fingerprint density at radius 1 is 1.45 bits per heavy atom. The summed E-state index contributed by atoms with van der Waals surface area (Å²) in [6.07, 6.45) is 5.24. The smallest absolute Gasteiger partial charge is 0.308 e. The average molecular weight is 294 g/mol. The zero-order chi connectivity index (χ0) is 14.8. The van der Waals surface area contributed by atoms with Gasteiger partial charge in [-0.3, -0.25) is 9.78 Å². The Morgan fingerprint density at radius 3 is 2.65 bits per heavy atom. The summed E-state index contributed by atoms with van der Waals surface area (Å²) in [5.41, 5.74) is 6.86. The van der Waals surface area contributed by atoms with Gasteiger partial charge in [-0.05, 0) is 50.7 Å². The van der Waals surface area contributed by atoms with Crippen molar-refractivity contribution < 1.29 is 9.53 Å². The lowest BCUT2D eigenvalue weighted by atomic mass is 9.71. The number of hydrogen-bond donors (Lipinski definition) is 2. The lowest BCUT2D eigenvalue weighted by Gasteiger charge is -2.38. The van der Waals surface area contributed by atoms with Crippen LogP contribution in [0.15, 0.2) is 23.2 Å². The molecule has 4 nitrogen and oxygen atoms in total. The van der Waals surface area contributed by atoms with Crippen LogP contribution in [0.4, 0.5) is 0 Å². The molecule has 1 saturated carbocycles. The number of nitrogens with zero attached hydrogens (tertiary/aromatic N) is 1. The maximum atomic E-state index is 11.6. The molecule has 0 radical (unpaired) electrons. The number of esters is 1. The molecule has 1 unspecified atom stereocenters. The van der Waals surface area contributed by atoms with Crippen molar-refractivity contribution in [2.24, 2.45) is 17.6 Å². The number of ether oxygens (including phenoxy) is 1. The van der Waals surface area contributed by atoms with Crippen molar-refractivity contribution in [2.75, 3.05) is 7.11 Å². The molecule has 0 spiro atoms. The normalized spacial score (nSPS) is 25.8. The van der Waals surface area contributed by atoms with Crippen molar-refractivity contribution in [1.29, 1.82) is 0 Å². The first-order valence-electron chi connectivity index (χ1n) is 6.98. The lowest BCUT2D eigenvalue weighted by molar-refractivity contribution is -0.147. The monoisotopic (exact) mass is 294 g/mol. The van der Waals surface area contributed by atoms with E-state index in [0.29, 0.717) is 5.92 Å². The Labute approximate surface area is 125 Å². The van der Waals surface area contributed by atoms with Crippen molar-refractivity contribution in [2.45, 2.75) is 43.0 Å². The first-order valence-corrected chi connectivity index (χ1v) is 7.42. The first-order chi connectivity index (χ1) is 9.46. The van der Waals surface area contributed by atoms with Crippen LogP contribution in [-0.2, 0) is 15.1 Å². The highest BCUT2D eigenvalue weighted by Crippen LogP contribution is 2.40. The number of pyridine rings is 1. The molecular formula is C15H22N2O2S. The largest absolute Gasteiger partial charge is 0.469 e. The molecule has 0 amide bonds. The van der Waals surface area contributed by atoms with Crippen molar-refractivity contribution in [3.63, 3.8) is 0 Å². The van der Waals surface area contributed by atoms with Gasteiger partial charge in [-0.2, -0.15) is 0 Å². The number of thiol groups is 1. The summed E-state index contributed by atoms with van der Waals surface area (Å²) in [4.78, 5) is 16.8. The van der Waals surface area contributed by atoms with E-state index in [4.69, 9.17) is 10.5 Å². The van der Waals surface area contributed by atoms with E-state index < -0.39 is 5.54 Å².